The molecule has 1 aliphatic rings. The van der Waals surface area contributed by atoms with Gasteiger partial charge in [0.15, 0.2) is 5.69 Å². The molecule has 92 valence electrons. The van der Waals surface area contributed by atoms with Crippen molar-refractivity contribution >= 4 is 5.97 Å². The summed E-state index contributed by atoms with van der Waals surface area (Å²) in [6, 6.07) is 0. The van der Waals surface area contributed by atoms with Gasteiger partial charge in [0.2, 0.25) is 0 Å². The molecule has 0 spiro atoms. The molecule has 0 radical (unpaired) electrons. The molecule has 0 unspecified atom stereocenters. The van der Waals surface area contributed by atoms with Crippen LogP contribution in [0.5, 0.6) is 0 Å². The van der Waals surface area contributed by atoms with Crippen molar-refractivity contribution in [3.05, 3.63) is 22.1 Å². The van der Waals surface area contributed by atoms with Crippen molar-refractivity contribution in [1.82, 2.24) is 15.0 Å². The molecular weight excluding hydrogens is 224 g/mol. The van der Waals surface area contributed by atoms with Crippen molar-refractivity contribution in [3.63, 3.8) is 0 Å². The quantitative estimate of drug-likeness (QED) is 0.773. The summed E-state index contributed by atoms with van der Waals surface area (Å²) in [6.45, 7) is 2.88. The van der Waals surface area contributed by atoms with Crippen molar-refractivity contribution in [1.29, 1.82) is 0 Å². The Morgan fingerprint density at radius 3 is 2.65 bits per heavy atom. The molecule has 1 aliphatic heterocycles. The zero-order valence-electron chi connectivity index (χ0n) is 9.51. The van der Waals surface area contributed by atoms with Crippen LogP contribution in [-0.2, 0) is 0 Å². The standard InChI is InChI=1S/C10H14N4O3/c1-6-8(10(15)16)12-9(11-6)7-2-4-14(13-17)5-3-7/h7H,2-5H2,1H3,(H,11,12)(H,15,16). The van der Waals surface area contributed by atoms with E-state index in [0.717, 1.165) is 12.8 Å². The molecule has 7 nitrogen and oxygen atoms in total. The first-order valence-corrected chi connectivity index (χ1v) is 5.50. The number of nitrogens with one attached hydrogen (secondary N) is 1. The lowest BCUT2D eigenvalue weighted by Crippen LogP contribution is -2.28. The Hall–Kier alpha value is -1.92. The minimum absolute atomic E-state index is 0.0796. The van der Waals surface area contributed by atoms with Gasteiger partial charge in [0, 0.05) is 24.7 Å². The molecule has 0 atom stereocenters. The highest BCUT2D eigenvalue weighted by Gasteiger charge is 2.24. The van der Waals surface area contributed by atoms with Gasteiger partial charge in [0.05, 0.1) is 5.29 Å². The summed E-state index contributed by atoms with van der Waals surface area (Å²) in [5, 5.41) is 13.3. The number of carboxylic acids is 1. The molecular formula is C10H14N4O3. The molecule has 17 heavy (non-hydrogen) atoms. The van der Waals surface area contributed by atoms with Crippen LogP contribution in [0, 0.1) is 11.8 Å². The zero-order chi connectivity index (χ0) is 12.4. The molecule has 0 aromatic carbocycles. The Labute approximate surface area is 97.8 Å². The first-order valence-electron chi connectivity index (χ1n) is 5.50. The van der Waals surface area contributed by atoms with Crippen molar-refractivity contribution < 1.29 is 9.90 Å². The topological polar surface area (TPSA) is 98.7 Å². The molecule has 1 aromatic rings. The van der Waals surface area contributed by atoms with E-state index in [1.807, 2.05) is 0 Å². The number of hydrogen-bond acceptors (Lipinski definition) is 4. The molecule has 2 heterocycles. The van der Waals surface area contributed by atoms with E-state index >= 15 is 0 Å². The van der Waals surface area contributed by atoms with Crippen LogP contribution in [0.25, 0.3) is 0 Å². The fraction of sp³-hybridized carbons (Fsp3) is 0.600. The third-order valence-electron chi connectivity index (χ3n) is 3.08. The number of rotatable bonds is 3. The van der Waals surface area contributed by atoms with Crippen molar-refractivity contribution in [3.8, 4) is 0 Å². The van der Waals surface area contributed by atoms with Crippen LogP contribution in [0.1, 0.15) is 40.8 Å². The maximum Gasteiger partial charge on any atom is 0.356 e. The summed E-state index contributed by atoms with van der Waals surface area (Å²) < 4.78 is 0. The number of carbonyl (C=O) groups is 1. The van der Waals surface area contributed by atoms with Gasteiger partial charge in [-0.2, -0.15) is 0 Å². The van der Waals surface area contributed by atoms with Crippen molar-refractivity contribution in [2.45, 2.75) is 25.7 Å². The van der Waals surface area contributed by atoms with Gasteiger partial charge >= 0.3 is 5.97 Å². The van der Waals surface area contributed by atoms with E-state index in [4.69, 9.17) is 5.11 Å². The lowest BCUT2D eigenvalue weighted by atomic mass is 9.97. The minimum atomic E-state index is -1.02. The Kier molecular flexibility index (Phi) is 3.08. The van der Waals surface area contributed by atoms with Gasteiger partial charge in [-0.25, -0.2) is 9.78 Å². The second-order valence-electron chi connectivity index (χ2n) is 4.21. The smallest absolute Gasteiger partial charge is 0.356 e. The summed E-state index contributed by atoms with van der Waals surface area (Å²) in [5.41, 5.74) is 0.652. The predicted molar refractivity (Wildman–Crippen MR) is 59.6 cm³/mol. The first-order chi connectivity index (χ1) is 8.11. The van der Waals surface area contributed by atoms with Gasteiger partial charge in [-0.1, -0.05) is 0 Å². The van der Waals surface area contributed by atoms with E-state index in [0.29, 0.717) is 24.6 Å². The van der Waals surface area contributed by atoms with E-state index in [2.05, 4.69) is 15.3 Å². The molecule has 1 saturated heterocycles. The van der Waals surface area contributed by atoms with Crippen LogP contribution < -0.4 is 0 Å². The average molecular weight is 238 g/mol. The molecule has 0 amide bonds. The fourth-order valence-electron chi connectivity index (χ4n) is 2.11. The number of hydrogen-bond donors (Lipinski definition) is 2. The Morgan fingerprint density at radius 1 is 1.53 bits per heavy atom. The summed E-state index contributed by atoms with van der Waals surface area (Å²) in [7, 11) is 0. The van der Waals surface area contributed by atoms with Crippen LogP contribution in [0.4, 0.5) is 0 Å². The number of aryl methyl sites for hydroxylation is 1. The molecule has 0 bridgehead atoms. The van der Waals surface area contributed by atoms with E-state index in [1.165, 1.54) is 5.01 Å². The Morgan fingerprint density at radius 2 is 2.18 bits per heavy atom. The summed E-state index contributed by atoms with van der Waals surface area (Å²) in [4.78, 5) is 28.3. The number of aromatic nitrogens is 2. The largest absolute Gasteiger partial charge is 0.476 e. The van der Waals surface area contributed by atoms with Crippen LogP contribution in [-0.4, -0.2) is 39.1 Å². The third-order valence-corrected chi connectivity index (χ3v) is 3.08. The number of imidazole rings is 1. The average Bonchev–Trinajstić information content (AvgIpc) is 2.71. The molecule has 2 N–H and O–H groups in total. The molecule has 0 saturated carbocycles. The van der Waals surface area contributed by atoms with Gasteiger partial charge in [-0.3, -0.25) is 5.01 Å². The van der Waals surface area contributed by atoms with Gasteiger partial charge in [0.1, 0.15) is 5.82 Å². The number of H-pyrrole nitrogens is 1. The Bertz CT molecular complexity index is 435. The molecule has 0 aliphatic carbocycles. The maximum absolute atomic E-state index is 10.9. The normalized spacial score (nSPS) is 17.1. The van der Waals surface area contributed by atoms with E-state index < -0.39 is 5.97 Å². The van der Waals surface area contributed by atoms with E-state index in [1.54, 1.807) is 6.92 Å². The molecule has 1 fully saturated rings. The molecule has 1 aromatic heterocycles. The number of nitrogens with zero attached hydrogens (tertiary/aromatic N) is 3. The highest BCUT2D eigenvalue weighted by molar-refractivity contribution is 5.86. The lowest BCUT2D eigenvalue weighted by Gasteiger charge is -2.26. The summed E-state index contributed by atoms with van der Waals surface area (Å²) in [6.07, 6.45) is 1.52. The van der Waals surface area contributed by atoms with Crippen LogP contribution in [0.15, 0.2) is 5.29 Å². The highest BCUT2D eigenvalue weighted by atomic mass is 16.4. The van der Waals surface area contributed by atoms with Crippen molar-refractivity contribution in [2.75, 3.05) is 13.1 Å². The lowest BCUT2D eigenvalue weighted by molar-refractivity contribution is 0.0690. The van der Waals surface area contributed by atoms with Gasteiger partial charge < -0.3 is 10.1 Å². The molecule has 2 rings (SSSR count). The van der Waals surface area contributed by atoms with Gasteiger partial charge in [-0.15, -0.1) is 4.91 Å². The van der Waals surface area contributed by atoms with Crippen LogP contribution >= 0.6 is 0 Å². The van der Waals surface area contributed by atoms with Crippen molar-refractivity contribution in [2.24, 2.45) is 5.29 Å². The zero-order valence-corrected chi connectivity index (χ0v) is 9.51. The minimum Gasteiger partial charge on any atom is -0.476 e. The van der Waals surface area contributed by atoms with Crippen LogP contribution in [0.3, 0.4) is 0 Å². The summed E-state index contributed by atoms with van der Waals surface area (Å²) >= 11 is 0. The second kappa shape index (κ2) is 4.52. The number of aromatic amines is 1. The molecule has 7 heteroatoms. The fourth-order valence-corrected chi connectivity index (χ4v) is 2.11. The number of piperidine rings is 1. The number of carboxylic acid groups (broad SMARTS) is 1. The highest BCUT2D eigenvalue weighted by Crippen LogP contribution is 2.26. The second-order valence-corrected chi connectivity index (χ2v) is 4.21. The van der Waals surface area contributed by atoms with E-state index in [9.17, 15) is 9.70 Å². The SMILES string of the molecule is Cc1[nH]c(C2CCN(N=O)CC2)nc1C(=O)O. The predicted octanol–water partition coefficient (Wildman–Crippen LogP) is 1.28. The number of aromatic carboxylic acids is 1. The van der Waals surface area contributed by atoms with Crippen LogP contribution in [0.2, 0.25) is 0 Å². The van der Waals surface area contributed by atoms with E-state index in [-0.39, 0.29) is 11.6 Å². The first kappa shape index (κ1) is 11.6. The Balaban J connectivity index is 2.11. The number of nitroso groups, excluding NO2 is 1. The van der Waals surface area contributed by atoms with Gasteiger partial charge in [-0.05, 0) is 19.8 Å². The monoisotopic (exact) mass is 238 g/mol. The maximum atomic E-state index is 10.9. The van der Waals surface area contributed by atoms with Gasteiger partial charge in [0.25, 0.3) is 0 Å². The third kappa shape index (κ3) is 2.27. The summed E-state index contributed by atoms with van der Waals surface area (Å²) in [5.74, 6) is -0.137.